The van der Waals surface area contributed by atoms with E-state index in [0.29, 0.717) is 0 Å². The lowest BCUT2D eigenvalue weighted by Crippen LogP contribution is -2.40. The zero-order valence-corrected chi connectivity index (χ0v) is 11.1. The summed E-state index contributed by atoms with van der Waals surface area (Å²) < 4.78 is 1.29. The second-order valence-corrected chi connectivity index (χ2v) is 5.09. The first-order valence-corrected chi connectivity index (χ1v) is 6.41. The van der Waals surface area contributed by atoms with E-state index >= 15 is 0 Å². The molecule has 1 atom stereocenters. The first kappa shape index (κ1) is 12.8. The second-order valence-electron chi connectivity index (χ2n) is 5.09. The van der Waals surface area contributed by atoms with Crippen LogP contribution in [0.1, 0.15) is 44.5 Å². The molecule has 1 aromatic heterocycles. The molecule has 1 unspecified atom stereocenters. The number of rotatable bonds is 3. The third-order valence-corrected chi connectivity index (χ3v) is 3.16. The van der Waals surface area contributed by atoms with Crippen LogP contribution in [0.2, 0.25) is 0 Å². The molecule has 0 fully saturated rings. The van der Waals surface area contributed by atoms with Crippen molar-refractivity contribution in [2.45, 2.75) is 52.1 Å². The minimum Gasteiger partial charge on any atom is -0.352 e. The van der Waals surface area contributed by atoms with Crippen molar-refractivity contribution in [1.82, 2.24) is 15.1 Å². The van der Waals surface area contributed by atoms with Gasteiger partial charge in [0, 0.05) is 12.1 Å². The average Bonchev–Trinajstić information content (AvgIpc) is 2.72. The number of aryl methyl sites for hydroxylation is 2. The Balaban J connectivity index is 2.28. The van der Waals surface area contributed by atoms with Gasteiger partial charge in [-0.1, -0.05) is 0 Å². The van der Waals surface area contributed by atoms with Crippen LogP contribution in [0.3, 0.4) is 0 Å². The van der Waals surface area contributed by atoms with Crippen LogP contribution in [0.15, 0.2) is 10.9 Å². The monoisotopic (exact) mass is 249 g/mol. The highest BCUT2D eigenvalue weighted by molar-refractivity contribution is 5.79. The summed E-state index contributed by atoms with van der Waals surface area (Å²) in [5.41, 5.74) is 1.80. The number of aromatic nitrogens is 2. The minimum absolute atomic E-state index is 0.0603. The summed E-state index contributed by atoms with van der Waals surface area (Å²) in [6.07, 6.45) is 2.86. The second kappa shape index (κ2) is 4.92. The summed E-state index contributed by atoms with van der Waals surface area (Å²) in [6, 6.07) is 1.12. The van der Waals surface area contributed by atoms with Crippen LogP contribution in [0.4, 0.5) is 0 Å². The van der Waals surface area contributed by atoms with E-state index in [1.54, 1.807) is 13.0 Å². The summed E-state index contributed by atoms with van der Waals surface area (Å²) in [4.78, 5) is 23.8. The third-order valence-electron chi connectivity index (χ3n) is 3.16. The summed E-state index contributed by atoms with van der Waals surface area (Å²) >= 11 is 0. The SMILES string of the molecule is CC(C)NC(=O)C(C)n1nc2c(cc1=O)CCC2. The third kappa shape index (κ3) is 2.44. The van der Waals surface area contributed by atoms with E-state index in [0.717, 1.165) is 30.5 Å². The molecule has 2 rings (SSSR count). The fraction of sp³-hybridized carbons (Fsp3) is 0.615. The quantitative estimate of drug-likeness (QED) is 0.862. The van der Waals surface area contributed by atoms with E-state index in [-0.39, 0.29) is 17.5 Å². The summed E-state index contributed by atoms with van der Waals surface area (Å²) in [5, 5.41) is 7.12. The predicted molar refractivity (Wildman–Crippen MR) is 68.5 cm³/mol. The molecule has 1 aliphatic rings. The molecule has 98 valence electrons. The van der Waals surface area contributed by atoms with Crippen molar-refractivity contribution >= 4 is 5.91 Å². The molecule has 1 aliphatic carbocycles. The Kier molecular flexibility index (Phi) is 3.50. The topological polar surface area (TPSA) is 64.0 Å². The molecule has 1 heterocycles. The molecule has 0 aromatic carbocycles. The predicted octanol–water partition coefficient (Wildman–Crippen LogP) is 0.818. The van der Waals surface area contributed by atoms with Crippen LogP contribution in [0.25, 0.3) is 0 Å². The lowest BCUT2D eigenvalue weighted by molar-refractivity contribution is -0.124. The molecule has 0 radical (unpaired) electrons. The first-order valence-electron chi connectivity index (χ1n) is 6.41. The number of amides is 1. The van der Waals surface area contributed by atoms with Crippen molar-refractivity contribution in [2.24, 2.45) is 0 Å². The highest BCUT2D eigenvalue weighted by atomic mass is 16.2. The van der Waals surface area contributed by atoms with E-state index in [2.05, 4.69) is 10.4 Å². The molecule has 0 aliphatic heterocycles. The van der Waals surface area contributed by atoms with Gasteiger partial charge in [-0.3, -0.25) is 9.59 Å². The van der Waals surface area contributed by atoms with Crippen molar-refractivity contribution in [2.75, 3.05) is 0 Å². The highest BCUT2D eigenvalue weighted by Gasteiger charge is 2.21. The van der Waals surface area contributed by atoms with Crippen LogP contribution in [-0.4, -0.2) is 21.7 Å². The van der Waals surface area contributed by atoms with Gasteiger partial charge < -0.3 is 5.32 Å². The van der Waals surface area contributed by atoms with E-state index in [4.69, 9.17) is 0 Å². The molecular formula is C13H19N3O2. The number of nitrogens with zero attached hydrogens (tertiary/aromatic N) is 2. The van der Waals surface area contributed by atoms with Gasteiger partial charge in [-0.2, -0.15) is 5.10 Å². The van der Waals surface area contributed by atoms with E-state index in [1.165, 1.54) is 4.68 Å². The van der Waals surface area contributed by atoms with Crippen molar-refractivity contribution in [1.29, 1.82) is 0 Å². The fourth-order valence-electron chi connectivity index (χ4n) is 2.21. The first-order chi connectivity index (χ1) is 8.49. The number of carbonyl (C=O) groups excluding carboxylic acids is 1. The Morgan fingerprint density at radius 1 is 1.39 bits per heavy atom. The molecule has 0 spiro atoms. The van der Waals surface area contributed by atoms with E-state index < -0.39 is 6.04 Å². The van der Waals surface area contributed by atoms with Crippen LogP contribution >= 0.6 is 0 Å². The number of nitrogens with one attached hydrogen (secondary N) is 1. The van der Waals surface area contributed by atoms with Crippen molar-refractivity contribution < 1.29 is 4.79 Å². The van der Waals surface area contributed by atoms with E-state index in [1.807, 2.05) is 13.8 Å². The molecule has 0 saturated carbocycles. The Morgan fingerprint density at radius 3 is 2.78 bits per heavy atom. The van der Waals surface area contributed by atoms with Crippen LogP contribution in [0, 0.1) is 0 Å². The maximum absolute atomic E-state index is 11.9. The summed E-state index contributed by atoms with van der Waals surface area (Å²) in [6.45, 7) is 5.49. The molecule has 1 N–H and O–H groups in total. The van der Waals surface area contributed by atoms with Crippen molar-refractivity contribution in [3.8, 4) is 0 Å². The van der Waals surface area contributed by atoms with Gasteiger partial charge in [0.25, 0.3) is 5.56 Å². The van der Waals surface area contributed by atoms with Gasteiger partial charge in [0.2, 0.25) is 5.91 Å². The highest BCUT2D eigenvalue weighted by Crippen LogP contribution is 2.17. The Labute approximate surface area is 106 Å². The van der Waals surface area contributed by atoms with Gasteiger partial charge in [0.05, 0.1) is 5.69 Å². The molecule has 1 aromatic rings. The lowest BCUT2D eigenvalue weighted by atomic mass is 10.2. The number of hydrogen-bond donors (Lipinski definition) is 1. The molecule has 0 saturated heterocycles. The molecule has 5 heteroatoms. The Morgan fingerprint density at radius 2 is 2.11 bits per heavy atom. The molecule has 1 amide bonds. The van der Waals surface area contributed by atoms with E-state index in [9.17, 15) is 9.59 Å². The Hall–Kier alpha value is -1.65. The van der Waals surface area contributed by atoms with Crippen LogP contribution in [0.5, 0.6) is 0 Å². The molecule has 0 bridgehead atoms. The van der Waals surface area contributed by atoms with Gasteiger partial charge in [0.15, 0.2) is 0 Å². The van der Waals surface area contributed by atoms with Crippen LogP contribution < -0.4 is 10.9 Å². The van der Waals surface area contributed by atoms with Gasteiger partial charge >= 0.3 is 0 Å². The summed E-state index contributed by atoms with van der Waals surface area (Å²) in [7, 11) is 0. The van der Waals surface area contributed by atoms with Gasteiger partial charge in [-0.05, 0) is 45.6 Å². The molecule has 18 heavy (non-hydrogen) atoms. The number of fused-ring (bicyclic) bond motifs is 1. The molecular weight excluding hydrogens is 230 g/mol. The summed E-state index contributed by atoms with van der Waals surface area (Å²) in [5.74, 6) is -0.169. The number of carbonyl (C=O) groups is 1. The molecule has 5 nitrogen and oxygen atoms in total. The maximum atomic E-state index is 11.9. The van der Waals surface area contributed by atoms with Crippen molar-refractivity contribution in [3.63, 3.8) is 0 Å². The average molecular weight is 249 g/mol. The standard InChI is InChI=1S/C13H19N3O2/c1-8(2)14-13(18)9(3)16-12(17)7-10-5-4-6-11(10)15-16/h7-9H,4-6H2,1-3H3,(H,14,18). The number of hydrogen-bond acceptors (Lipinski definition) is 3. The van der Waals surface area contributed by atoms with Gasteiger partial charge in [0.1, 0.15) is 6.04 Å². The smallest absolute Gasteiger partial charge is 0.267 e. The zero-order valence-electron chi connectivity index (χ0n) is 11.1. The lowest BCUT2D eigenvalue weighted by Gasteiger charge is -2.16. The van der Waals surface area contributed by atoms with Crippen molar-refractivity contribution in [3.05, 3.63) is 27.7 Å². The normalized spacial score (nSPS) is 15.6. The fourth-order valence-corrected chi connectivity index (χ4v) is 2.21. The van der Waals surface area contributed by atoms with Crippen LogP contribution in [-0.2, 0) is 17.6 Å². The Bertz CT molecular complexity index is 519. The van der Waals surface area contributed by atoms with Gasteiger partial charge in [-0.15, -0.1) is 0 Å². The zero-order chi connectivity index (χ0) is 13.3. The maximum Gasteiger partial charge on any atom is 0.267 e. The van der Waals surface area contributed by atoms with Gasteiger partial charge in [-0.25, -0.2) is 4.68 Å². The minimum atomic E-state index is -0.564. The largest absolute Gasteiger partial charge is 0.352 e.